The average molecular weight is 368 g/mol. The Labute approximate surface area is 161 Å². The number of aliphatic imine (C=N–C) groups is 1. The summed E-state index contributed by atoms with van der Waals surface area (Å²) in [5.41, 5.74) is 2.53. The molecule has 27 heavy (non-hydrogen) atoms. The van der Waals surface area contributed by atoms with Crippen molar-refractivity contribution < 1.29 is 0 Å². The van der Waals surface area contributed by atoms with Gasteiger partial charge in [-0.1, -0.05) is 29.8 Å². The highest BCUT2D eigenvalue weighted by Crippen LogP contribution is 2.09. The molecular weight excluding hydrogens is 338 g/mol. The van der Waals surface area contributed by atoms with Gasteiger partial charge in [0, 0.05) is 65.3 Å². The number of rotatable bonds is 6. The van der Waals surface area contributed by atoms with Crippen LogP contribution in [0, 0.1) is 6.92 Å². The van der Waals surface area contributed by atoms with Crippen molar-refractivity contribution in [2.24, 2.45) is 4.99 Å². The minimum atomic E-state index is 0.774. The molecule has 0 radical (unpaired) electrons. The van der Waals surface area contributed by atoms with Crippen molar-refractivity contribution >= 4 is 11.9 Å². The zero-order valence-electron chi connectivity index (χ0n) is 16.2. The maximum Gasteiger partial charge on any atom is 0.225 e. The molecule has 0 amide bonds. The molecule has 2 aromatic rings. The fraction of sp³-hybridized carbons (Fsp3) is 0.450. The molecular formula is C20H29N7. The summed E-state index contributed by atoms with van der Waals surface area (Å²) in [5, 5.41) is 6.77. The summed E-state index contributed by atoms with van der Waals surface area (Å²) in [5.74, 6) is 1.67. The van der Waals surface area contributed by atoms with Crippen LogP contribution in [-0.4, -0.2) is 67.1 Å². The van der Waals surface area contributed by atoms with Crippen LogP contribution in [-0.2, 0) is 6.54 Å². The van der Waals surface area contributed by atoms with Gasteiger partial charge in [-0.05, 0) is 18.6 Å². The molecule has 0 spiro atoms. The van der Waals surface area contributed by atoms with Gasteiger partial charge in [-0.2, -0.15) is 0 Å². The third-order valence-electron chi connectivity index (χ3n) is 4.73. The summed E-state index contributed by atoms with van der Waals surface area (Å²) in [7, 11) is 1.81. The first-order valence-electron chi connectivity index (χ1n) is 9.49. The lowest BCUT2D eigenvalue weighted by Crippen LogP contribution is -2.49. The van der Waals surface area contributed by atoms with E-state index in [2.05, 4.69) is 66.6 Å². The molecule has 0 unspecified atom stereocenters. The zero-order chi connectivity index (χ0) is 18.9. The Kier molecular flexibility index (Phi) is 6.98. The monoisotopic (exact) mass is 367 g/mol. The quantitative estimate of drug-likeness (QED) is 0.592. The minimum Gasteiger partial charge on any atom is -0.355 e. The Bertz CT molecular complexity index is 707. The van der Waals surface area contributed by atoms with Crippen LogP contribution in [0.2, 0.25) is 0 Å². The summed E-state index contributed by atoms with van der Waals surface area (Å²) in [6.07, 6.45) is 3.60. The zero-order valence-corrected chi connectivity index (χ0v) is 16.2. The molecule has 1 fully saturated rings. The summed E-state index contributed by atoms with van der Waals surface area (Å²) in [4.78, 5) is 17.7. The number of benzene rings is 1. The van der Waals surface area contributed by atoms with Gasteiger partial charge in [-0.25, -0.2) is 9.97 Å². The molecule has 0 saturated carbocycles. The van der Waals surface area contributed by atoms with E-state index in [1.165, 1.54) is 11.1 Å². The summed E-state index contributed by atoms with van der Waals surface area (Å²) in [6.45, 7) is 8.71. The van der Waals surface area contributed by atoms with Gasteiger partial charge in [-0.3, -0.25) is 9.89 Å². The maximum absolute atomic E-state index is 4.33. The highest BCUT2D eigenvalue weighted by atomic mass is 15.3. The Morgan fingerprint density at radius 1 is 1.04 bits per heavy atom. The van der Waals surface area contributed by atoms with Crippen molar-refractivity contribution in [3.63, 3.8) is 0 Å². The Hall–Kier alpha value is -2.67. The molecule has 0 bridgehead atoms. The topological polar surface area (TPSA) is 68.7 Å². The molecule has 7 nitrogen and oxygen atoms in total. The third kappa shape index (κ3) is 5.92. The number of hydrogen-bond donors (Lipinski definition) is 2. The molecule has 0 atom stereocenters. The fourth-order valence-corrected chi connectivity index (χ4v) is 3.07. The second-order valence-corrected chi connectivity index (χ2v) is 6.72. The second-order valence-electron chi connectivity index (χ2n) is 6.72. The van der Waals surface area contributed by atoms with E-state index in [-0.39, 0.29) is 0 Å². The van der Waals surface area contributed by atoms with E-state index in [1.54, 1.807) is 12.4 Å². The van der Waals surface area contributed by atoms with E-state index in [1.807, 2.05) is 13.1 Å². The largest absolute Gasteiger partial charge is 0.355 e. The van der Waals surface area contributed by atoms with Gasteiger partial charge in [0.1, 0.15) is 0 Å². The molecule has 1 aromatic carbocycles. The third-order valence-corrected chi connectivity index (χ3v) is 4.73. The first-order valence-corrected chi connectivity index (χ1v) is 9.49. The minimum absolute atomic E-state index is 0.774. The average Bonchev–Trinajstić information content (AvgIpc) is 2.73. The van der Waals surface area contributed by atoms with Crippen molar-refractivity contribution in [2.75, 3.05) is 51.2 Å². The molecule has 1 aromatic heterocycles. The van der Waals surface area contributed by atoms with Crippen LogP contribution < -0.4 is 15.5 Å². The van der Waals surface area contributed by atoms with Crippen molar-refractivity contribution in [3.8, 4) is 0 Å². The molecule has 144 valence electrons. The van der Waals surface area contributed by atoms with Gasteiger partial charge in [0.05, 0.1) is 0 Å². The van der Waals surface area contributed by atoms with Crippen LogP contribution in [0.15, 0.2) is 47.7 Å². The predicted molar refractivity (Wildman–Crippen MR) is 110 cm³/mol. The Morgan fingerprint density at radius 3 is 2.41 bits per heavy atom. The lowest BCUT2D eigenvalue weighted by molar-refractivity contribution is 0.260. The molecule has 1 aliphatic rings. The van der Waals surface area contributed by atoms with E-state index in [4.69, 9.17) is 0 Å². The fourth-order valence-electron chi connectivity index (χ4n) is 3.07. The van der Waals surface area contributed by atoms with Crippen LogP contribution in [0.4, 0.5) is 5.95 Å². The summed E-state index contributed by atoms with van der Waals surface area (Å²) in [6, 6.07) is 10.4. The van der Waals surface area contributed by atoms with E-state index < -0.39 is 0 Å². The van der Waals surface area contributed by atoms with Crippen LogP contribution in [0.1, 0.15) is 11.1 Å². The van der Waals surface area contributed by atoms with Gasteiger partial charge in [0.2, 0.25) is 5.95 Å². The van der Waals surface area contributed by atoms with E-state index in [9.17, 15) is 0 Å². The normalized spacial score (nSPS) is 15.6. The number of nitrogens with zero attached hydrogens (tertiary/aromatic N) is 5. The van der Waals surface area contributed by atoms with Gasteiger partial charge >= 0.3 is 0 Å². The van der Waals surface area contributed by atoms with Crippen molar-refractivity contribution in [2.45, 2.75) is 13.5 Å². The van der Waals surface area contributed by atoms with Gasteiger partial charge in [-0.15, -0.1) is 0 Å². The molecule has 0 aliphatic carbocycles. The Morgan fingerprint density at radius 2 is 1.74 bits per heavy atom. The Balaban J connectivity index is 1.34. The van der Waals surface area contributed by atoms with Crippen LogP contribution in [0.3, 0.4) is 0 Å². The summed E-state index contributed by atoms with van der Waals surface area (Å²) < 4.78 is 0. The lowest BCUT2D eigenvalue weighted by Gasteiger charge is -2.34. The lowest BCUT2D eigenvalue weighted by atomic mass is 10.1. The van der Waals surface area contributed by atoms with Gasteiger partial charge < -0.3 is 15.5 Å². The molecule has 2 N–H and O–H groups in total. The first kappa shape index (κ1) is 19.1. The maximum atomic E-state index is 4.33. The molecule has 1 saturated heterocycles. The number of anilines is 1. The first-order chi connectivity index (χ1) is 13.2. The number of hydrogen-bond acceptors (Lipinski definition) is 5. The van der Waals surface area contributed by atoms with Crippen LogP contribution >= 0.6 is 0 Å². The van der Waals surface area contributed by atoms with E-state index in [0.717, 1.165) is 57.7 Å². The predicted octanol–water partition coefficient (Wildman–Crippen LogP) is 1.27. The summed E-state index contributed by atoms with van der Waals surface area (Å²) >= 11 is 0. The van der Waals surface area contributed by atoms with E-state index >= 15 is 0 Å². The highest BCUT2D eigenvalue weighted by molar-refractivity contribution is 5.79. The SMILES string of the molecule is CN=C(NCCN1CCN(c2ncccn2)CC1)NCc1ccc(C)cc1. The number of guanidine groups is 1. The van der Waals surface area contributed by atoms with Gasteiger partial charge in [0.25, 0.3) is 0 Å². The highest BCUT2D eigenvalue weighted by Gasteiger charge is 2.18. The van der Waals surface area contributed by atoms with Crippen molar-refractivity contribution in [3.05, 3.63) is 53.9 Å². The molecule has 7 heteroatoms. The molecule has 1 aliphatic heterocycles. The van der Waals surface area contributed by atoms with Crippen LogP contribution in [0.5, 0.6) is 0 Å². The van der Waals surface area contributed by atoms with Crippen molar-refractivity contribution in [1.82, 2.24) is 25.5 Å². The number of aryl methyl sites for hydroxylation is 1. The molecule has 2 heterocycles. The van der Waals surface area contributed by atoms with Crippen LogP contribution in [0.25, 0.3) is 0 Å². The van der Waals surface area contributed by atoms with Gasteiger partial charge in [0.15, 0.2) is 5.96 Å². The second kappa shape index (κ2) is 9.87. The molecule has 3 rings (SSSR count). The van der Waals surface area contributed by atoms with Crippen molar-refractivity contribution in [1.29, 1.82) is 0 Å². The number of nitrogens with one attached hydrogen (secondary N) is 2. The number of piperazine rings is 1. The standard InChI is InChI=1S/C20H29N7/c1-17-4-6-18(7-5-17)16-25-19(21-2)22-10-11-26-12-14-27(15-13-26)20-23-8-3-9-24-20/h3-9H,10-16H2,1-2H3,(H2,21,22,25). The van der Waals surface area contributed by atoms with E-state index in [0.29, 0.717) is 0 Å². The smallest absolute Gasteiger partial charge is 0.225 e. The number of aromatic nitrogens is 2.